The Morgan fingerprint density at radius 2 is 1.93 bits per heavy atom. The van der Waals surface area contributed by atoms with Gasteiger partial charge < -0.3 is 0 Å². The van der Waals surface area contributed by atoms with Gasteiger partial charge in [0.2, 0.25) is 0 Å². The van der Waals surface area contributed by atoms with Crippen molar-refractivity contribution in [2.45, 2.75) is 53.4 Å². The van der Waals surface area contributed by atoms with Gasteiger partial charge in [0.15, 0.2) is 0 Å². The molecule has 0 amide bonds. The van der Waals surface area contributed by atoms with Crippen molar-refractivity contribution in [3.63, 3.8) is 0 Å². The minimum absolute atomic E-state index is 0.315. The van der Waals surface area contributed by atoms with Gasteiger partial charge >= 0.3 is 0 Å². The molecule has 0 N–H and O–H groups in total. The summed E-state index contributed by atoms with van der Waals surface area (Å²) in [7, 11) is 0. The summed E-state index contributed by atoms with van der Waals surface area (Å²) in [5.74, 6) is 1.47. The van der Waals surface area contributed by atoms with Crippen molar-refractivity contribution in [1.82, 2.24) is 0 Å². The summed E-state index contributed by atoms with van der Waals surface area (Å²) in [6.45, 7) is 9.25. The number of carbonyl (C=O) groups excluding carboxylic acids is 1. The van der Waals surface area contributed by atoms with E-state index in [4.69, 9.17) is 0 Å². The van der Waals surface area contributed by atoms with Crippen LogP contribution in [0.5, 0.6) is 0 Å². The van der Waals surface area contributed by atoms with E-state index in [1.54, 1.807) is 0 Å². The summed E-state index contributed by atoms with van der Waals surface area (Å²) >= 11 is 0. The SMILES string of the molecule is CC1C(=O)CCC2(C)CC(C)(C)CC12. The predicted octanol–water partition coefficient (Wildman–Crippen LogP) is 3.43. The molecule has 1 nitrogen and oxygen atoms in total. The van der Waals surface area contributed by atoms with Crippen LogP contribution < -0.4 is 0 Å². The van der Waals surface area contributed by atoms with Crippen LogP contribution in [-0.4, -0.2) is 5.78 Å². The molecule has 2 fully saturated rings. The van der Waals surface area contributed by atoms with E-state index in [2.05, 4.69) is 27.7 Å². The van der Waals surface area contributed by atoms with E-state index in [0.29, 0.717) is 28.4 Å². The second kappa shape index (κ2) is 2.84. The summed E-state index contributed by atoms with van der Waals surface area (Å²) in [4.78, 5) is 11.7. The first-order chi connectivity index (χ1) is 6.34. The van der Waals surface area contributed by atoms with Gasteiger partial charge in [-0.05, 0) is 36.0 Å². The van der Waals surface area contributed by atoms with Crippen LogP contribution in [0.3, 0.4) is 0 Å². The molecule has 0 bridgehead atoms. The highest BCUT2D eigenvalue weighted by molar-refractivity contribution is 5.82. The third-order valence-electron chi connectivity index (χ3n) is 4.60. The number of ketones is 1. The first-order valence-electron chi connectivity index (χ1n) is 5.87. The van der Waals surface area contributed by atoms with E-state index >= 15 is 0 Å². The van der Waals surface area contributed by atoms with Gasteiger partial charge in [-0.3, -0.25) is 4.79 Å². The van der Waals surface area contributed by atoms with Crippen LogP contribution in [0, 0.1) is 22.7 Å². The van der Waals surface area contributed by atoms with Crippen molar-refractivity contribution >= 4 is 5.78 Å². The molecule has 14 heavy (non-hydrogen) atoms. The van der Waals surface area contributed by atoms with Gasteiger partial charge in [0.05, 0.1) is 0 Å². The van der Waals surface area contributed by atoms with Gasteiger partial charge in [-0.1, -0.05) is 27.7 Å². The Labute approximate surface area is 87.3 Å². The molecule has 0 spiro atoms. The van der Waals surface area contributed by atoms with Gasteiger partial charge in [-0.25, -0.2) is 0 Å². The fourth-order valence-corrected chi connectivity index (χ4v) is 4.05. The Balaban J connectivity index is 2.27. The van der Waals surface area contributed by atoms with Crippen molar-refractivity contribution in [3.05, 3.63) is 0 Å². The first-order valence-corrected chi connectivity index (χ1v) is 5.87. The highest BCUT2D eigenvalue weighted by atomic mass is 16.1. The minimum Gasteiger partial charge on any atom is -0.299 e. The van der Waals surface area contributed by atoms with Crippen LogP contribution in [-0.2, 0) is 4.79 Å². The van der Waals surface area contributed by atoms with E-state index in [-0.39, 0.29) is 0 Å². The molecule has 2 aliphatic carbocycles. The normalized spacial score (nSPS) is 46.4. The van der Waals surface area contributed by atoms with Crippen molar-refractivity contribution in [2.75, 3.05) is 0 Å². The van der Waals surface area contributed by atoms with E-state index < -0.39 is 0 Å². The molecule has 2 aliphatic rings. The molecule has 0 aromatic rings. The summed E-state index contributed by atoms with van der Waals surface area (Å²) in [6.07, 6.45) is 4.51. The highest BCUT2D eigenvalue weighted by Crippen LogP contribution is 2.59. The zero-order valence-corrected chi connectivity index (χ0v) is 9.89. The minimum atomic E-state index is 0.315. The van der Waals surface area contributed by atoms with E-state index in [1.807, 2.05) is 0 Å². The third-order valence-corrected chi connectivity index (χ3v) is 4.60. The van der Waals surface area contributed by atoms with Gasteiger partial charge in [0, 0.05) is 12.3 Å². The van der Waals surface area contributed by atoms with Crippen LogP contribution >= 0.6 is 0 Å². The molecule has 3 atom stereocenters. The lowest BCUT2D eigenvalue weighted by Crippen LogP contribution is -2.36. The van der Waals surface area contributed by atoms with Crippen molar-refractivity contribution in [1.29, 1.82) is 0 Å². The fourth-order valence-electron chi connectivity index (χ4n) is 4.05. The monoisotopic (exact) mass is 194 g/mol. The molecule has 2 rings (SSSR count). The van der Waals surface area contributed by atoms with Gasteiger partial charge in [0.25, 0.3) is 0 Å². The molecule has 0 aromatic carbocycles. The van der Waals surface area contributed by atoms with Crippen molar-refractivity contribution in [3.8, 4) is 0 Å². The number of carbonyl (C=O) groups is 1. The molecular weight excluding hydrogens is 172 g/mol. The maximum Gasteiger partial charge on any atom is 0.136 e. The molecule has 80 valence electrons. The van der Waals surface area contributed by atoms with Crippen LogP contribution in [0.2, 0.25) is 0 Å². The molecule has 1 heteroatoms. The van der Waals surface area contributed by atoms with E-state index in [9.17, 15) is 4.79 Å². The summed E-state index contributed by atoms with van der Waals surface area (Å²) in [6, 6.07) is 0. The standard InChI is InChI=1S/C13H22O/c1-9-10-7-12(2,3)8-13(10,4)6-5-11(9)14/h9-10H,5-8H2,1-4H3. The zero-order valence-electron chi connectivity index (χ0n) is 9.89. The highest BCUT2D eigenvalue weighted by Gasteiger charge is 2.52. The smallest absolute Gasteiger partial charge is 0.136 e. The average Bonchev–Trinajstić information content (AvgIpc) is 2.30. The fraction of sp³-hybridized carbons (Fsp3) is 0.923. The Morgan fingerprint density at radius 3 is 2.57 bits per heavy atom. The van der Waals surface area contributed by atoms with Gasteiger partial charge in [0.1, 0.15) is 5.78 Å². The lowest BCUT2D eigenvalue weighted by Gasteiger charge is -2.39. The zero-order chi connectivity index (χ0) is 10.6. The maximum absolute atomic E-state index is 11.7. The van der Waals surface area contributed by atoms with Crippen LogP contribution in [0.4, 0.5) is 0 Å². The predicted molar refractivity (Wildman–Crippen MR) is 58.0 cm³/mol. The van der Waals surface area contributed by atoms with Crippen molar-refractivity contribution < 1.29 is 4.79 Å². The van der Waals surface area contributed by atoms with Crippen LogP contribution in [0.1, 0.15) is 53.4 Å². The Morgan fingerprint density at radius 1 is 1.29 bits per heavy atom. The second-order valence-corrected chi connectivity index (χ2v) is 6.56. The lowest BCUT2D eigenvalue weighted by atomic mass is 9.64. The molecule has 0 saturated heterocycles. The molecule has 0 aliphatic heterocycles. The number of hydrogen-bond donors (Lipinski definition) is 0. The summed E-state index contributed by atoms with van der Waals surface area (Å²) in [5.41, 5.74) is 0.912. The largest absolute Gasteiger partial charge is 0.299 e. The molecule has 2 saturated carbocycles. The van der Waals surface area contributed by atoms with E-state index in [0.717, 1.165) is 12.8 Å². The number of fused-ring (bicyclic) bond motifs is 1. The number of rotatable bonds is 0. The molecule has 0 radical (unpaired) electrons. The first kappa shape index (κ1) is 10.2. The Bertz CT molecular complexity index is 266. The molecule has 0 heterocycles. The van der Waals surface area contributed by atoms with Gasteiger partial charge in [-0.15, -0.1) is 0 Å². The molecule has 3 unspecified atom stereocenters. The second-order valence-electron chi connectivity index (χ2n) is 6.56. The molecule has 0 aromatic heterocycles. The van der Waals surface area contributed by atoms with Crippen LogP contribution in [0.15, 0.2) is 0 Å². The lowest BCUT2D eigenvalue weighted by molar-refractivity contribution is -0.129. The topological polar surface area (TPSA) is 17.1 Å². The average molecular weight is 194 g/mol. The number of hydrogen-bond acceptors (Lipinski definition) is 1. The Kier molecular flexibility index (Phi) is 2.06. The van der Waals surface area contributed by atoms with Crippen molar-refractivity contribution in [2.24, 2.45) is 22.7 Å². The van der Waals surface area contributed by atoms with E-state index in [1.165, 1.54) is 12.8 Å². The summed E-state index contributed by atoms with van der Waals surface area (Å²) < 4.78 is 0. The summed E-state index contributed by atoms with van der Waals surface area (Å²) in [5, 5.41) is 0. The third kappa shape index (κ3) is 1.41. The number of Topliss-reactive ketones (excluding diaryl/α,β-unsaturated/α-hetero) is 1. The Hall–Kier alpha value is -0.330. The quantitative estimate of drug-likeness (QED) is 0.577. The van der Waals surface area contributed by atoms with Gasteiger partial charge in [-0.2, -0.15) is 0 Å². The maximum atomic E-state index is 11.7. The molecular formula is C13H22O. The van der Waals surface area contributed by atoms with Crippen LogP contribution in [0.25, 0.3) is 0 Å².